The fraction of sp³-hybridized carbons (Fsp3) is 1.00. The van der Waals surface area contributed by atoms with Gasteiger partial charge < -0.3 is 10.4 Å². The predicted octanol–water partition coefficient (Wildman–Crippen LogP) is 3.98. The molecule has 4 saturated carbocycles. The number of fused-ring (bicyclic) bond motifs is 5. The third-order valence-electron chi connectivity index (χ3n) is 8.99. The molecule has 0 amide bonds. The molecular formula is C20H35NO. The van der Waals surface area contributed by atoms with Crippen molar-refractivity contribution in [2.75, 3.05) is 7.05 Å². The first kappa shape index (κ1) is 15.4. The number of rotatable bonds is 1. The quantitative estimate of drug-likeness (QED) is 0.768. The molecule has 22 heavy (non-hydrogen) atoms. The Labute approximate surface area is 136 Å². The van der Waals surface area contributed by atoms with Crippen LogP contribution in [0.1, 0.15) is 71.6 Å². The zero-order valence-electron chi connectivity index (χ0n) is 14.8. The van der Waals surface area contributed by atoms with Crippen molar-refractivity contribution >= 4 is 0 Å². The molecule has 4 rings (SSSR count). The van der Waals surface area contributed by atoms with Gasteiger partial charge in [0.05, 0.1) is 6.10 Å². The van der Waals surface area contributed by atoms with Gasteiger partial charge in [0.2, 0.25) is 0 Å². The highest BCUT2D eigenvalue weighted by Gasteiger charge is 2.59. The average Bonchev–Trinajstić information content (AvgIpc) is 2.84. The Morgan fingerprint density at radius 3 is 2.36 bits per heavy atom. The van der Waals surface area contributed by atoms with Crippen LogP contribution in [-0.2, 0) is 0 Å². The molecule has 0 spiro atoms. The van der Waals surface area contributed by atoms with E-state index in [9.17, 15) is 5.11 Å². The molecule has 2 heteroatoms. The Kier molecular flexibility index (Phi) is 3.66. The SMILES string of the molecule is CN[C@@H]1CC[C@@H]2[C@H]3CC[C@H]4C[C@H](O)CC[C@]4(C)[C@@H]3CC[C@@]21C. The van der Waals surface area contributed by atoms with Crippen LogP contribution < -0.4 is 5.32 Å². The van der Waals surface area contributed by atoms with Gasteiger partial charge in [-0.3, -0.25) is 0 Å². The third kappa shape index (κ3) is 1.99. The standard InChI is InChI=1S/C20H35NO/c1-19-10-8-14(22)12-13(19)4-5-15-16-6-7-18(21-3)20(16,2)11-9-17(15)19/h13-18,21-22H,4-12H2,1-3H3/t13-,14+,15+,16+,17+,18+,19-,20-/m0/s1. The van der Waals surface area contributed by atoms with Crippen LogP contribution in [-0.4, -0.2) is 24.3 Å². The van der Waals surface area contributed by atoms with E-state index >= 15 is 0 Å². The summed E-state index contributed by atoms with van der Waals surface area (Å²) in [5, 5.41) is 13.7. The van der Waals surface area contributed by atoms with E-state index in [-0.39, 0.29) is 6.10 Å². The lowest BCUT2D eigenvalue weighted by Gasteiger charge is -2.61. The summed E-state index contributed by atoms with van der Waals surface area (Å²) in [6.45, 7) is 5.18. The van der Waals surface area contributed by atoms with Gasteiger partial charge in [-0.15, -0.1) is 0 Å². The molecule has 0 bridgehead atoms. The van der Waals surface area contributed by atoms with E-state index in [0.29, 0.717) is 10.8 Å². The number of hydrogen-bond donors (Lipinski definition) is 2. The fourth-order valence-corrected chi connectivity index (χ4v) is 7.71. The maximum atomic E-state index is 10.1. The molecule has 0 radical (unpaired) electrons. The maximum Gasteiger partial charge on any atom is 0.0543 e. The van der Waals surface area contributed by atoms with Gasteiger partial charge in [0.1, 0.15) is 0 Å². The number of hydrogen-bond acceptors (Lipinski definition) is 2. The van der Waals surface area contributed by atoms with Crippen LogP contribution in [0.15, 0.2) is 0 Å². The molecule has 4 aliphatic carbocycles. The number of nitrogens with one attached hydrogen (secondary N) is 1. The molecule has 0 aliphatic heterocycles. The molecule has 0 aromatic carbocycles. The lowest BCUT2D eigenvalue weighted by atomic mass is 9.45. The molecule has 0 saturated heterocycles. The van der Waals surface area contributed by atoms with Gasteiger partial charge in [-0.1, -0.05) is 13.8 Å². The first-order valence-corrected chi connectivity index (χ1v) is 9.84. The van der Waals surface area contributed by atoms with Crippen LogP contribution in [0.25, 0.3) is 0 Å². The van der Waals surface area contributed by atoms with Crippen LogP contribution in [0.5, 0.6) is 0 Å². The summed E-state index contributed by atoms with van der Waals surface area (Å²) in [7, 11) is 2.17. The molecule has 0 aromatic heterocycles. The Balaban J connectivity index is 1.61. The lowest BCUT2D eigenvalue weighted by Crippen LogP contribution is -2.55. The van der Waals surface area contributed by atoms with Gasteiger partial charge in [-0.25, -0.2) is 0 Å². The topological polar surface area (TPSA) is 32.3 Å². The van der Waals surface area contributed by atoms with E-state index in [1.807, 2.05) is 0 Å². The summed E-state index contributed by atoms with van der Waals surface area (Å²) in [5.74, 6) is 3.65. The summed E-state index contributed by atoms with van der Waals surface area (Å²) in [5.41, 5.74) is 1.08. The molecule has 4 aliphatic rings. The minimum atomic E-state index is -0.0105. The maximum absolute atomic E-state index is 10.1. The van der Waals surface area contributed by atoms with Crippen molar-refractivity contribution in [1.29, 1.82) is 0 Å². The van der Waals surface area contributed by atoms with Crippen molar-refractivity contribution in [2.24, 2.45) is 34.5 Å². The molecule has 4 fully saturated rings. The molecule has 2 nitrogen and oxygen atoms in total. The number of aliphatic hydroxyl groups excluding tert-OH is 1. The van der Waals surface area contributed by atoms with Crippen molar-refractivity contribution in [3.05, 3.63) is 0 Å². The first-order valence-electron chi connectivity index (χ1n) is 9.84. The van der Waals surface area contributed by atoms with Gasteiger partial charge in [0, 0.05) is 6.04 Å². The van der Waals surface area contributed by atoms with Gasteiger partial charge in [0.15, 0.2) is 0 Å². The van der Waals surface area contributed by atoms with E-state index in [4.69, 9.17) is 0 Å². The second-order valence-electron chi connectivity index (χ2n) is 9.55. The largest absolute Gasteiger partial charge is 0.393 e. The third-order valence-corrected chi connectivity index (χ3v) is 8.99. The van der Waals surface area contributed by atoms with Crippen LogP contribution in [0.3, 0.4) is 0 Å². The summed E-state index contributed by atoms with van der Waals surface area (Å²) in [6, 6.07) is 0.747. The Morgan fingerprint density at radius 2 is 1.59 bits per heavy atom. The molecular weight excluding hydrogens is 270 g/mol. The summed E-state index contributed by atoms with van der Waals surface area (Å²) < 4.78 is 0. The van der Waals surface area contributed by atoms with Gasteiger partial charge in [0.25, 0.3) is 0 Å². The molecule has 8 atom stereocenters. The molecule has 0 unspecified atom stereocenters. The highest BCUT2D eigenvalue weighted by atomic mass is 16.3. The van der Waals surface area contributed by atoms with E-state index < -0.39 is 0 Å². The minimum Gasteiger partial charge on any atom is -0.393 e. The second kappa shape index (κ2) is 5.21. The second-order valence-corrected chi connectivity index (χ2v) is 9.55. The van der Waals surface area contributed by atoms with Gasteiger partial charge in [-0.05, 0) is 99.3 Å². The molecule has 0 heterocycles. The molecule has 0 aromatic rings. The predicted molar refractivity (Wildman–Crippen MR) is 90.6 cm³/mol. The Morgan fingerprint density at radius 1 is 0.864 bits per heavy atom. The van der Waals surface area contributed by atoms with Gasteiger partial charge in [-0.2, -0.15) is 0 Å². The number of aliphatic hydroxyl groups is 1. The normalized spacial score (nSPS) is 57.8. The van der Waals surface area contributed by atoms with Crippen LogP contribution in [0, 0.1) is 34.5 Å². The summed E-state index contributed by atoms with van der Waals surface area (Å²) >= 11 is 0. The highest BCUT2D eigenvalue weighted by Crippen LogP contribution is 2.66. The highest BCUT2D eigenvalue weighted by molar-refractivity contribution is 5.10. The van der Waals surface area contributed by atoms with Crippen LogP contribution in [0.4, 0.5) is 0 Å². The Hall–Kier alpha value is -0.0800. The first-order chi connectivity index (χ1) is 10.5. The van der Waals surface area contributed by atoms with E-state index in [2.05, 4.69) is 26.2 Å². The zero-order chi connectivity index (χ0) is 15.5. The van der Waals surface area contributed by atoms with Crippen LogP contribution in [0.2, 0.25) is 0 Å². The Bertz CT molecular complexity index is 437. The average molecular weight is 306 g/mol. The van der Waals surface area contributed by atoms with Crippen molar-refractivity contribution in [3.8, 4) is 0 Å². The zero-order valence-corrected chi connectivity index (χ0v) is 14.8. The minimum absolute atomic E-state index is 0.0105. The van der Waals surface area contributed by atoms with Crippen molar-refractivity contribution in [2.45, 2.75) is 83.8 Å². The van der Waals surface area contributed by atoms with E-state index in [0.717, 1.165) is 42.6 Å². The van der Waals surface area contributed by atoms with E-state index in [1.54, 1.807) is 0 Å². The van der Waals surface area contributed by atoms with Crippen molar-refractivity contribution < 1.29 is 5.11 Å². The molecule has 126 valence electrons. The lowest BCUT2D eigenvalue weighted by molar-refractivity contribution is -0.123. The summed E-state index contributed by atoms with van der Waals surface area (Å²) in [4.78, 5) is 0. The van der Waals surface area contributed by atoms with Crippen molar-refractivity contribution in [1.82, 2.24) is 5.32 Å². The smallest absolute Gasteiger partial charge is 0.0543 e. The van der Waals surface area contributed by atoms with Gasteiger partial charge >= 0.3 is 0 Å². The fourth-order valence-electron chi connectivity index (χ4n) is 7.71. The van der Waals surface area contributed by atoms with Crippen molar-refractivity contribution in [3.63, 3.8) is 0 Å². The van der Waals surface area contributed by atoms with Crippen LogP contribution >= 0.6 is 0 Å². The monoisotopic (exact) mass is 305 g/mol. The summed E-state index contributed by atoms with van der Waals surface area (Å²) in [6.07, 6.45) is 11.9. The van der Waals surface area contributed by atoms with E-state index in [1.165, 1.54) is 44.9 Å². The molecule has 2 N–H and O–H groups in total.